The van der Waals surface area contributed by atoms with Crippen LogP contribution in [-0.4, -0.2) is 24.0 Å². The molecule has 1 aromatic rings. The molecule has 20 heavy (non-hydrogen) atoms. The molecule has 1 aromatic carbocycles. The van der Waals surface area contributed by atoms with Crippen molar-refractivity contribution in [1.82, 2.24) is 0 Å². The number of halogens is 1. The van der Waals surface area contributed by atoms with Crippen LogP contribution in [0.3, 0.4) is 0 Å². The van der Waals surface area contributed by atoms with Crippen LogP contribution in [-0.2, 0) is 9.53 Å². The number of carbonyl (C=O) groups excluding carboxylic acids is 2. The fourth-order valence-electron chi connectivity index (χ4n) is 1.36. The number of nitriles is 1. The van der Waals surface area contributed by atoms with E-state index in [2.05, 4.69) is 10.1 Å². The summed E-state index contributed by atoms with van der Waals surface area (Å²) < 4.78 is 17.8. The first kappa shape index (κ1) is 15.5. The monoisotopic (exact) mass is 295 g/mol. The smallest absolute Gasteiger partial charge is 0.338 e. The number of hydrogen-bond acceptors (Lipinski definition) is 5. The fourth-order valence-corrected chi connectivity index (χ4v) is 1.65. The van der Waals surface area contributed by atoms with Gasteiger partial charge in [0.2, 0.25) is 5.91 Å². The predicted octanol–water partition coefficient (Wildman–Crippen LogP) is 0.977. The first-order valence-corrected chi connectivity index (χ1v) is 5.68. The van der Waals surface area contributed by atoms with Gasteiger partial charge in [-0.3, -0.25) is 4.79 Å². The molecule has 1 atom stereocenters. The van der Waals surface area contributed by atoms with Crippen molar-refractivity contribution in [2.45, 2.75) is 0 Å². The highest BCUT2D eigenvalue weighted by atomic mass is 32.1. The third-order valence-corrected chi connectivity index (χ3v) is 2.60. The molecule has 0 fully saturated rings. The Morgan fingerprint density at radius 3 is 2.65 bits per heavy atom. The molecule has 0 saturated carbocycles. The highest BCUT2D eigenvalue weighted by molar-refractivity contribution is 7.80. The summed E-state index contributed by atoms with van der Waals surface area (Å²) in [6.45, 7) is 0. The highest BCUT2D eigenvalue weighted by Crippen LogP contribution is 2.16. The summed E-state index contributed by atoms with van der Waals surface area (Å²) in [7, 11) is 1.16. The van der Waals surface area contributed by atoms with Gasteiger partial charge in [-0.15, -0.1) is 0 Å². The van der Waals surface area contributed by atoms with Crippen LogP contribution in [0.2, 0.25) is 0 Å². The highest BCUT2D eigenvalue weighted by Gasteiger charge is 2.20. The maximum atomic E-state index is 13.4. The van der Waals surface area contributed by atoms with Gasteiger partial charge in [0, 0.05) is 5.69 Å². The largest absolute Gasteiger partial charge is 0.465 e. The molecule has 8 heteroatoms. The van der Waals surface area contributed by atoms with Gasteiger partial charge in [-0.1, -0.05) is 12.2 Å². The van der Waals surface area contributed by atoms with E-state index in [-0.39, 0.29) is 16.2 Å². The minimum Gasteiger partial charge on any atom is -0.465 e. The van der Waals surface area contributed by atoms with E-state index < -0.39 is 23.6 Å². The lowest BCUT2D eigenvalue weighted by atomic mass is 10.1. The Kier molecular flexibility index (Phi) is 5.11. The Labute approximate surface area is 119 Å². The maximum absolute atomic E-state index is 13.4. The van der Waals surface area contributed by atoms with Crippen molar-refractivity contribution in [2.75, 3.05) is 12.4 Å². The van der Waals surface area contributed by atoms with Crippen LogP contribution >= 0.6 is 12.2 Å². The molecule has 0 spiro atoms. The molecule has 3 N–H and O–H groups in total. The van der Waals surface area contributed by atoms with E-state index in [4.69, 9.17) is 23.2 Å². The van der Waals surface area contributed by atoms with Gasteiger partial charge in [0.05, 0.1) is 18.7 Å². The second-order valence-electron chi connectivity index (χ2n) is 3.67. The van der Waals surface area contributed by atoms with Crippen LogP contribution in [0.15, 0.2) is 18.2 Å². The molecule has 0 saturated heterocycles. The second kappa shape index (κ2) is 6.58. The summed E-state index contributed by atoms with van der Waals surface area (Å²) in [4.78, 5) is 22.1. The SMILES string of the molecule is COC(=O)c1cc(F)cc(NC(=S)C(C#N)C(N)=O)c1. The number of methoxy groups -OCH3 is 1. The topological polar surface area (TPSA) is 105 Å². The third kappa shape index (κ3) is 3.73. The summed E-state index contributed by atoms with van der Waals surface area (Å²) in [5, 5.41) is 11.2. The van der Waals surface area contributed by atoms with Gasteiger partial charge >= 0.3 is 5.97 Å². The van der Waals surface area contributed by atoms with Gasteiger partial charge in [-0.25, -0.2) is 9.18 Å². The standard InChI is InChI=1S/C12H10FN3O3S/c1-19-12(18)6-2-7(13)4-8(3-6)16-11(20)9(5-14)10(15)17/h2-4,9H,1H3,(H2,15,17)(H,16,20). The maximum Gasteiger partial charge on any atom is 0.338 e. The van der Waals surface area contributed by atoms with E-state index >= 15 is 0 Å². The third-order valence-electron chi connectivity index (χ3n) is 2.26. The van der Waals surface area contributed by atoms with Crippen LogP contribution in [0.5, 0.6) is 0 Å². The lowest BCUT2D eigenvalue weighted by Crippen LogP contribution is -2.32. The van der Waals surface area contributed by atoms with Crippen LogP contribution in [0.25, 0.3) is 0 Å². The molecule has 1 unspecified atom stereocenters. The number of nitrogens with zero attached hydrogens (tertiary/aromatic N) is 1. The predicted molar refractivity (Wildman–Crippen MR) is 72.3 cm³/mol. The normalized spacial score (nSPS) is 11.1. The number of nitrogens with one attached hydrogen (secondary N) is 1. The number of nitrogens with two attached hydrogens (primary N) is 1. The summed E-state index contributed by atoms with van der Waals surface area (Å²) >= 11 is 4.84. The van der Waals surface area contributed by atoms with Crippen molar-refractivity contribution in [1.29, 1.82) is 5.26 Å². The molecular weight excluding hydrogens is 285 g/mol. The molecular formula is C12H10FN3O3S. The molecule has 0 heterocycles. The molecule has 0 aliphatic carbocycles. The van der Waals surface area contributed by atoms with Crippen molar-refractivity contribution in [3.63, 3.8) is 0 Å². The fraction of sp³-hybridized carbons (Fsp3) is 0.167. The molecule has 104 valence electrons. The van der Waals surface area contributed by atoms with Crippen LogP contribution in [0.1, 0.15) is 10.4 Å². The van der Waals surface area contributed by atoms with E-state index in [1.54, 1.807) is 6.07 Å². The average molecular weight is 295 g/mol. The van der Waals surface area contributed by atoms with Gasteiger partial charge in [0.1, 0.15) is 10.8 Å². The molecule has 1 amide bonds. The molecule has 0 aromatic heterocycles. The van der Waals surface area contributed by atoms with Crippen molar-refractivity contribution < 1.29 is 18.7 Å². The Hall–Kier alpha value is -2.53. The van der Waals surface area contributed by atoms with Gasteiger partial charge in [-0.05, 0) is 18.2 Å². The molecule has 0 aliphatic rings. The minimum absolute atomic E-state index is 0.0367. The Morgan fingerprint density at radius 2 is 2.15 bits per heavy atom. The number of thiocarbonyl (C=S) groups is 1. The molecule has 6 nitrogen and oxygen atoms in total. The number of amides is 1. The first-order chi connectivity index (χ1) is 9.38. The van der Waals surface area contributed by atoms with Gasteiger partial charge in [0.15, 0.2) is 5.92 Å². The lowest BCUT2D eigenvalue weighted by Gasteiger charge is -2.11. The van der Waals surface area contributed by atoms with Crippen LogP contribution < -0.4 is 11.1 Å². The van der Waals surface area contributed by atoms with Crippen molar-refractivity contribution in [2.24, 2.45) is 11.7 Å². The zero-order chi connectivity index (χ0) is 15.3. The average Bonchev–Trinajstić information content (AvgIpc) is 2.37. The number of esters is 1. The quantitative estimate of drug-likeness (QED) is 0.633. The lowest BCUT2D eigenvalue weighted by molar-refractivity contribution is -0.118. The number of anilines is 1. The molecule has 1 rings (SSSR count). The van der Waals surface area contributed by atoms with E-state index in [0.717, 1.165) is 19.2 Å². The number of rotatable bonds is 4. The number of primary amides is 1. The zero-order valence-corrected chi connectivity index (χ0v) is 11.2. The van der Waals surface area contributed by atoms with E-state index in [1.807, 2.05) is 0 Å². The van der Waals surface area contributed by atoms with E-state index in [0.29, 0.717) is 0 Å². The second-order valence-corrected chi connectivity index (χ2v) is 4.11. The molecule has 0 aliphatic heterocycles. The van der Waals surface area contributed by atoms with E-state index in [1.165, 1.54) is 6.07 Å². The number of hydrogen-bond donors (Lipinski definition) is 2. The zero-order valence-electron chi connectivity index (χ0n) is 10.3. The Balaban J connectivity index is 3.01. The summed E-state index contributed by atoms with van der Waals surface area (Å²) in [6.07, 6.45) is 0. The number of benzene rings is 1. The van der Waals surface area contributed by atoms with Gasteiger partial charge in [0.25, 0.3) is 0 Å². The summed E-state index contributed by atoms with van der Waals surface area (Å²) in [5.41, 5.74) is 5.07. The molecule has 0 radical (unpaired) electrons. The van der Waals surface area contributed by atoms with Gasteiger partial charge in [-0.2, -0.15) is 5.26 Å². The molecule has 0 bridgehead atoms. The first-order valence-electron chi connectivity index (χ1n) is 5.27. The van der Waals surface area contributed by atoms with Crippen molar-refractivity contribution in [3.05, 3.63) is 29.6 Å². The number of ether oxygens (including phenoxy) is 1. The van der Waals surface area contributed by atoms with Crippen molar-refractivity contribution in [3.8, 4) is 6.07 Å². The van der Waals surface area contributed by atoms with Crippen molar-refractivity contribution >= 4 is 34.8 Å². The summed E-state index contributed by atoms with van der Waals surface area (Å²) in [5.74, 6) is -3.69. The Bertz CT molecular complexity index is 612. The summed E-state index contributed by atoms with van der Waals surface area (Å²) in [6, 6.07) is 4.93. The van der Waals surface area contributed by atoms with E-state index in [9.17, 15) is 14.0 Å². The van der Waals surface area contributed by atoms with Crippen LogP contribution in [0.4, 0.5) is 10.1 Å². The minimum atomic E-state index is -1.34. The van der Waals surface area contributed by atoms with Crippen LogP contribution in [0, 0.1) is 23.1 Å². The Morgan fingerprint density at radius 1 is 1.50 bits per heavy atom. The number of carbonyl (C=O) groups is 2. The van der Waals surface area contributed by atoms with Gasteiger partial charge < -0.3 is 15.8 Å².